The fourth-order valence-corrected chi connectivity index (χ4v) is 1.55. The summed E-state index contributed by atoms with van der Waals surface area (Å²) >= 11 is 0. The zero-order chi connectivity index (χ0) is 13.4. The third-order valence-electron chi connectivity index (χ3n) is 2.21. The fourth-order valence-electron chi connectivity index (χ4n) is 1.55. The molecule has 0 fully saturated rings. The van der Waals surface area contributed by atoms with E-state index in [0.29, 0.717) is 25.4 Å². The van der Waals surface area contributed by atoms with Crippen LogP contribution in [0.2, 0.25) is 0 Å². The van der Waals surface area contributed by atoms with Crippen molar-refractivity contribution in [1.29, 1.82) is 0 Å². The lowest BCUT2D eigenvalue weighted by Crippen LogP contribution is -2.43. The average molecular weight is 243 g/mol. The maximum Gasteiger partial charge on any atom is 0.328 e. The second kappa shape index (κ2) is 8.09. The topological polar surface area (TPSA) is 55.4 Å². The lowest BCUT2D eigenvalue weighted by molar-refractivity contribution is -0.148. The van der Waals surface area contributed by atoms with Gasteiger partial charge in [-0.2, -0.15) is 0 Å². The molecule has 0 saturated heterocycles. The minimum absolute atomic E-state index is 0.0845. The number of amides is 1. The molecule has 1 amide bonds. The van der Waals surface area contributed by atoms with Gasteiger partial charge in [0, 0.05) is 6.42 Å². The highest BCUT2D eigenvalue weighted by molar-refractivity contribution is 5.84. The van der Waals surface area contributed by atoms with E-state index in [1.54, 1.807) is 6.92 Å². The van der Waals surface area contributed by atoms with Crippen LogP contribution in [0, 0.1) is 11.8 Å². The van der Waals surface area contributed by atoms with Gasteiger partial charge in [-0.1, -0.05) is 27.7 Å². The SMILES string of the molecule is CCOC(=O)C(CC(C)C)NC(=O)CC(C)C. The van der Waals surface area contributed by atoms with Gasteiger partial charge < -0.3 is 10.1 Å². The van der Waals surface area contributed by atoms with Gasteiger partial charge in [-0.15, -0.1) is 0 Å². The summed E-state index contributed by atoms with van der Waals surface area (Å²) in [5.41, 5.74) is 0. The molecule has 0 aliphatic rings. The van der Waals surface area contributed by atoms with E-state index in [0.717, 1.165) is 0 Å². The number of carbonyl (C=O) groups is 2. The molecule has 0 bridgehead atoms. The van der Waals surface area contributed by atoms with Crippen LogP contribution in [0.5, 0.6) is 0 Å². The first-order valence-electron chi connectivity index (χ1n) is 6.32. The number of esters is 1. The second-order valence-corrected chi connectivity index (χ2v) is 5.10. The molecule has 100 valence electrons. The minimum Gasteiger partial charge on any atom is -0.464 e. The Morgan fingerprint density at radius 3 is 2.12 bits per heavy atom. The van der Waals surface area contributed by atoms with E-state index >= 15 is 0 Å². The van der Waals surface area contributed by atoms with Crippen molar-refractivity contribution >= 4 is 11.9 Å². The Labute approximate surface area is 104 Å². The van der Waals surface area contributed by atoms with E-state index in [2.05, 4.69) is 5.32 Å². The Morgan fingerprint density at radius 2 is 1.71 bits per heavy atom. The number of hydrogen-bond acceptors (Lipinski definition) is 3. The van der Waals surface area contributed by atoms with Crippen molar-refractivity contribution in [2.24, 2.45) is 11.8 Å². The van der Waals surface area contributed by atoms with Crippen LogP contribution in [0.3, 0.4) is 0 Å². The predicted octanol–water partition coefficient (Wildman–Crippen LogP) is 2.13. The first kappa shape index (κ1) is 15.9. The van der Waals surface area contributed by atoms with Gasteiger partial charge in [0.05, 0.1) is 6.61 Å². The summed E-state index contributed by atoms with van der Waals surface area (Å²) in [6.07, 6.45) is 1.05. The summed E-state index contributed by atoms with van der Waals surface area (Å²) in [6.45, 7) is 10.1. The van der Waals surface area contributed by atoms with Crippen molar-refractivity contribution in [3.05, 3.63) is 0 Å². The number of hydrogen-bond donors (Lipinski definition) is 1. The summed E-state index contributed by atoms with van der Waals surface area (Å²) in [5, 5.41) is 2.75. The van der Waals surface area contributed by atoms with Crippen molar-refractivity contribution in [2.45, 2.75) is 53.5 Å². The predicted molar refractivity (Wildman–Crippen MR) is 67.5 cm³/mol. The molecule has 1 N–H and O–H groups in total. The Morgan fingerprint density at radius 1 is 1.12 bits per heavy atom. The highest BCUT2D eigenvalue weighted by atomic mass is 16.5. The molecule has 0 saturated carbocycles. The molecule has 0 aliphatic heterocycles. The molecule has 0 heterocycles. The van der Waals surface area contributed by atoms with Crippen LogP contribution >= 0.6 is 0 Å². The first-order valence-corrected chi connectivity index (χ1v) is 6.32. The standard InChI is InChI=1S/C13H25NO3/c1-6-17-13(16)11(7-9(2)3)14-12(15)8-10(4)5/h9-11H,6-8H2,1-5H3,(H,14,15). The van der Waals surface area contributed by atoms with Gasteiger partial charge in [-0.05, 0) is 25.2 Å². The molecule has 0 aromatic heterocycles. The van der Waals surface area contributed by atoms with Crippen LogP contribution in [0.15, 0.2) is 0 Å². The molecule has 4 nitrogen and oxygen atoms in total. The summed E-state index contributed by atoms with van der Waals surface area (Å²) in [6, 6.07) is -0.513. The Kier molecular flexibility index (Phi) is 7.59. The van der Waals surface area contributed by atoms with Gasteiger partial charge >= 0.3 is 5.97 Å². The van der Waals surface area contributed by atoms with E-state index in [4.69, 9.17) is 4.74 Å². The molecule has 0 aromatic rings. The molecule has 1 unspecified atom stereocenters. The first-order chi connectivity index (χ1) is 7.86. The maximum atomic E-state index is 11.7. The number of nitrogens with one attached hydrogen (secondary N) is 1. The third-order valence-corrected chi connectivity index (χ3v) is 2.21. The molecule has 0 rings (SSSR count). The Bertz CT molecular complexity index is 249. The molecular formula is C13H25NO3. The summed E-state index contributed by atoms with van der Waals surface area (Å²) in [7, 11) is 0. The van der Waals surface area contributed by atoms with Crippen LogP contribution in [-0.2, 0) is 14.3 Å². The van der Waals surface area contributed by atoms with E-state index < -0.39 is 6.04 Å². The lowest BCUT2D eigenvalue weighted by Gasteiger charge is -2.19. The average Bonchev–Trinajstić information content (AvgIpc) is 2.14. The fraction of sp³-hybridized carbons (Fsp3) is 0.846. The van der Waals surface area contributed by atoms with Crippen molar-refractivity contribution in [1.82, 2.24) is 5.32 Å². The minimum atomic E-state index is -0.513. The largest absolute Gasteiger partial charge is 0.464 e. The van der Waals surface area contributed by atoms with E-state index in [1.807, 2.05) is 27.7 Å². The number of carbonyl (C=O) groups excluding carboxylic acids is 2. The van der Waals surface area contributed by atoms with E-state index in [1.165, 1.54) is 0 Å². The normalized spacial score (nSPS) is 12.6. The molecule has 1 atom stereocenters. The lowest BCUT2D eigenvalue weighted by atomic mass is 10.0. The van der Waals surface area contributed by atoms with Gasteiger partial charge in [-0.25, -0.2) is 4.79 Å². The molecule has 17 heavy (non-hydrogen) atoms. The van der Waals surface area contributed by atoms with Crippen molar-refractivity contribution < 1.29 is 14.3 Å². The monoisotopic (exact) mass is 243 g/mol. The molecule has 0 spiro atoms. The molecular weight excluding hydrogens is 218 g/mol. The Hall–Kier alpha value is -1.06. The number of ether oxygens (including phenoxy) is 1. The summed E-state index contributed by atoms with van der Waals surface area (Å²) in [5.74, 6) is 0.206. The van der Waals surface area contributed by atoms with Crippen molar-refractivity contribution in [3.63, 3.8) is 0 Å². The highest BCUT2D eigenvalue weighted by Crippen LogP contribution is 2.08. The quantitative estimate of drug-likeness (QED) is 0.697. The smallest absolute Gasteiger partial charge is 0.328 e. The van der Waals surface area contributed by atoms with Crippen molar-refractivity contribution in [2.75, 3.05) is 6.61 Å². The van der Waals surface area contributed by atoms with Gasteiger partial charge in [0.15, 0.2) is 0 Å². The Balaban J connectivity index is 4.37. The third kappa shape index (κ3) is 7.77. The molecule has 0 radical (unpaired) electrons. The second-order valence-electron chi connectivity index (χ2n) is 5.10. The number of rotatable bonds is 7. The molecule has 0 aliphatic carbocycles. The van der Waals surface area contributed by atoms with Crippen LogP contribution in [-0.4, -0.2) is 24.5 Å². The van der Waals surface area contributed by atoms with Gasteiger partial charge in [0.25, 0.3) is 0 Å². The molecule has 0 aromatic carbocycles. The van der Waals surface area contributed by atoms with Crippen LogP contribution in [0.1, 0.15) is 47.5 Å². The zero-order valence-corrected chi connectivity index (χ0v) is 11.6. The van der Waals surface area contributed by atoms with Crippen LogP contribution < -0.4 is 5.32 Å². The van der Waals surface area contributed by atoms with Crippen LogP contribution in [0.25, 0.3) is 0 Å². The van der Waals surface area contributed by atoms with Gasteiger partial charge in [0.2, 0.25) is 5.91 Å². The van der Waals surface area contributed by atoms with E-state index in [9.17, 15) is 9.59 Å². The summed E-state index contributed by atoms with van der Waals surface area (Å²) < 4.78 is 4.96. The van der Waals surface area contributed by atoms with Crippen molar-refractivity contribution in [3.8, 4) is 0 Å². The van der Waals surface area contributed by atoms with E-state index in [-0.39, 0.29) is 17.8 Å². The van der Waals surface area contributed by atoms with Crippen LogP contribution in [0.4, 0.5) is 0 Å². The molecule has 4 heteroatoms. The zero-order valence-electron chi connectivity index (χ0n) is 11.6. The van der Waals surface area contributed by atoms with Gasteiger partial charge in [-0.3, -0.25) is 4.79 Å². The summed E-state index contributed by atoms with van der Waals surface area (Å²) in [4.78, 5) is 23.3. The highest BCUT2D eigenvalue weighted by Gasteiger charge is 2.23. The van der Waals surface area contributed by atoms with Gasteiger partial charge in [0.1, 0.15) is 6.04 Å². The maximum absolute atomic E-state index is 11.7.